The van der Waals surface area contributed by atoms with Crippen LogP contribution in [-0.4, -0.2) is 41.6 Å². The molecule has 0 bridgehead atoms. The van der Waals surface area contributed by atoms with Gasteiger partial charge in [0.1, 0.15) is 17.6 Å². The second kappa shape index (κ2) is 7.92. The standard InChI is InChI=1S/C23H28N4O2/c1-15-16(2)27(19-8-10-20(29-3)11-9-19)23(21(15)12-24)25-22(28)14-26(18-6-7-18)13-17-4-5-17/h8-11,17-18H,4-7,13-14H2,1-3H3,(H,25,28). The molecule has 2 aliphatic rings. The maximum atomic E-state index is 12.9. The van der Waals surface area contributed by atoms with E-state index in [2.05, 4.69) is 16.3 Å². The minimum absolute atomic E-state index is 0.0543. The molecule has 6 heteroatoms. The number of rotatable bonds is 8. The van der Waals surface area contributed by atoms with Gasteiger partial charge in [-0.2, -0.15) is 5.26 Å². The van der Waals surface area contributed by atoms with Crippen molar-refractivity contribution in [2.24, 2.45) is 5.92 Å². The second-order valence-corrected chi connectivity index (χ2v) is 8.23. The Bertz CT molecular complexity index is 947. The minimum Gasteiger partial charge on any atom is -0.497 e. The number of amides is 1. The molecule has 29 heavy (non-hydrogen) atoms. The highest BCUT2D eigenvalue weighted by atomic mass is 16.5. The first kappa shape index (κ1) is 19.5. The number of nitriles is 1. The van der Waals surface area contributed by atoms with Crippen molar-refractivity contribution in [1.29, 1.82) is 5.26 Å². The quantitative estimate of drug-likeness (QED) is 0.742. The molecule has 2 aliphatic carbocycles. The lowest BCUT2D eigenvalue weighted by Crippen LogP contribution is -2.36. The Hall–Kier alpha value is -2.78. The molecule has 1 aromatic heterocycles. The molecule has 0 radical (unpaired) electrons. The van der Waals surface area contributed by atoms with E-state index in [4.69, 9.17) is 4.74 Å². The average Bonchev–Trinajstić information content (AvgIpc) is 3.62. The van der Waals surface area contributed by atoms with Gasteiger partial charge in [0.05, 0.1) is 19.2 Å². The Kier molecular flexibility index (Phi) is 5.33. The van der Waals surface area contributed by atoms with Crippen LogP contribution in [0.1, 0.15) is 42.5 Å². The van der Waals surface area contributed by atoms with Gasteiger partial charge in [0.25, 0.3) is 0 Å². The van der Waals surface area contributed by atoms with E-state index < -0.39 is 0 Å². The van der Waals surface area contributed by atoms with Crippen LogP contribution in [-0.2, 0) is 4.79 Å². The molecule has 2 saturated carbocycles. The van der Waals surface area contributed by atoms with Crippen LogP contribution in [0.15, 0.2) is 24.3 Å². The smallest absolute Gasteiger partial charge is 0.239 e. The van der Waals surface area contributed by atoms with Crippen molar-refractivity contribution < 1.29 is 9.53 Å². The fourth-order valence-corrected chi connectivity index (χ4v) is 3.89. The summed E-state index contributed by atoms with van der Waals surface area (Å²) in [6.07, 6.45) is 4.93. The van der Waals surface area contributed by atoms with Crippen LogP contribution in [0.5, 0.6) is 5.75 Å². The van der Waals surface area contributed by atoms with Crippen LogP contribution in [0, 0.1) is 31.1 Å². The monoisotopic (exact) mass is 392 g/mol. The first-order valence-corrected chi connectivity index (χ1v) is 10.3. The number of nitrogens with zero attached hydrogens (tertiary/aromatic N) is 3. The van der Waals surface area contributed by atoms with Gasteiger partial charge in [-0.05, 0) is 75.3 Å². The number of carbonyl (C=O) groups is 1. The Morgan fingerprint density at radius 1 is 1.24 bits per heavy atom. The lowest BCUT2D eigenvalue weighted by molar-refractivity contribution is -0.117. The number of carbonyl (C=O) groups excluding carboxylic acids is 1. The molecule has 1 aromatic carbocycles. The summed E-state index contributed by atoms with van der Waals surface area (Å²) in [4.78, 5) is 15.3. The van der Waals surface area contributed by atoms with E-state index in [1.54, 1.807) is 7.11 Å². The number of aromatic nitrogens is 1. The molecule has 4 rings (SSSR count). The Morgan fingerprint density at radius 3 is 2.48 bits per heavy atom. The van der Waals surface area contributed by atoms with Crippen molar-refractivity contribution in [3.63, 3.8) is 0 Å². The largest absolute Gasteiger partial charge is 0.497 e. The van der Waals surface area contributed by atoms with Crippen LogP contribution >= 0.6 is 0 Å². The summed E-state index contributed by atoms with van der Waals surface area (Å²) in [6, 6.07) is 10.5. The fourth-order valence-electron chi connectivity index (χ4n) is 3.89. The van der Waals surface area contributed by atoms with Gasteiger partial charge < -0.3 is 10.1 Å². The van der Waals surface area contributed by atoms with Crippen molar-refractivity contribution in [3.05, 3.63) is 41.1 Å². The van der Waals surface area contributed by atoms with E-state index in [1.807, 2.05) is 42.7 Å². The molecular formula is C23H28N4O2. The third-order valence-electron chi connectivity index (χ3n) is 6.01. The van der Waals surface area contributed by atoms with E-state index in [9.17, 15) is 10.1 Å². The maximum Gasteiger partial charge on any atom is 0.239 e. The summed E-state index contributed by atoms with van der Waals surface area (Å²) in [6.45, 7) is 5.30. The van der Waals surface area contributed by atoms with Gasteiger partial charge in [-0.25, -0.2) is 0 Å². The maximum absolute atomic E-state index is 12.9. The topological polar surface area (TPSA) is 70.3 Å². The molecular weight excluding hydrogens is 364 g/mol. The van der Waals surface area contributed by atoms with Crippen LogP contribution < -0.4 is 10.1 Å². The Morgan fingerprint density at radius 2 is 1.93 bits per heavy atom. The lowest BCUT2D eigenvalue weighted by atomic mass is 10.2. The van der Waals surface area contributed by atoms with Gasteiger partial charge in [0.15, 0.2) is 0 Å². The van der Waals surface area contributed by atoms with Crippen LogP contribution in [0.2, 0.25) is 0 Å². The van der Waals surface area contributed by atoms with E-state index in [-0.39, 0.29) is 5.91 Å². The Labute approximate surface area is 172 Å². The van der Waals surface area contributed by atoms with Gasteiger partial charge in [0.2, 0.25) is 5.91 Å². The zero-order valence-electron chi connectivity index (χ0n) is 17.4. The molecule has 0 spiro atoms. The van der Waals surface area contributed by atoms with Crippen LogP contribution in [0.4, 0.5) is 5.82 Å². The third kappa shape index (κ3) is 4.15. The number of hydrogen-bond donors (Lipinski definition) is 1. The molecule has 0 atom stereocenters. The van der Waals surface area contributed by atoms with E-state index in [1.165, 1.54) is 25.7 Å². The number of hydrogen-bond acceptors (Lipinski definition) is 4. The molecule has 2 aromatic rings. The highest BCUT2D eigenvalue weighted by molar-refractivity contribution is 5.93. The molecule has 2 fully saturated rings. The molecule has 0 saturated heterocycles. The second-order valence-electron chi connectivity index (χ2n) is 8.23. The predicted molar refractivity (Wildman–Crippen MR) is 112 cm³/mol. The summed E-state index contributed by atoms with van der Waals surface area (Å²) in [5, 5.41) is 12.8. The zero-order valence-corrected chi connectivity index (χ0v) is 17.4. The highest BCUT2D eigenvalue weighted by Gasteiger charge is 2.34. The number of nitrogens with one attached hydrogen (secondary N) is 1. The summed E-state index contributed by atoms with van der Waals surface area (Å²) in [5.74, 6) is 2.02. The van der Waals surface area contributed by atoms with Gasteiger partial charge >= 0.3 is 0 Å². The first-order chi connectivity index (χ1) is 14.0. The number of anilines is 1. The van der Waals surface area contributed by atoms with E-state index in [0.717, 1.165) is 35.2 Å². The molecule has 0 unspecified atom stereocenters. The molecule has 1 N–H and O–H groups in total. The third-order valence-corrected chi connectivity index (χ3v) is 6.01. The molecule has 152 valence electrons. The van der Waals surface area contributed by atoms with Gasteiger partial charge in [-0.3, -0.25) is 14.3 Å². The summed E-state index contributed by atoms with van der Waals surface area (Å²) in [7, 11) is 1.63. The summed E-state index contributed by atoms with van der Waals surface area (Å²) in [5.41, 5.74) is 3.24. The molecule has 0 aliphatic heterocycles. The fraction of sp³-hybridized carbons (Fsp3) is 0.478. The van der Waals surface area contributed by atoms with Crippen molar-refractivity contribution in [3.8, 4) is 17.5 Å². The van der Waals surface area contributed by atoms with Crippen LogP contribution in [0.3, 0.4) is 0 Å². The van der Waals surface area contributed by atoms with Gasteiger partial charge in [0, 0.05) is 24.0 Å². The van der Waals surface area contributed by atoms with Crippen molar-refractivity contribution in [1.82, 2.24) is 9.47 Å². The average molecular weight is 393 g/mol. The molecule has 1 heterocycles. The van der Waals surface area contributed by atoms with E-state index >= 15 is 0 Å². The van der Waals surface area contributed by atoms with E-state index in [0.29, 0.717) is 24.0 Å². The number of methoxy groups -OCH3 is 1. The lowest BCUT2D eigenvalue weighted by Gasteiger charge is -2.21. The normalized spacial score (nSPS) is 16.0. The van der Waals surface area contributed by atoms with Crippen molar-refractivity contribution in [2.45, 2.75) is 45.6 Å². The zero-order chi connectivity index (χ0) is 20.5. The minimum atomic E-state index is -0.0543. The highest BCUT2D eigenvalue weighted by Crippen LogP contribution is 2.35. The predicted octanol–water partition coefficient (Wildman–Crippen LogP) is 3.79. The van der Waals surface area contributed by atoms with Crippen molar-refractivity contribution >= 4 is 11.7 Å². The first-order valence-electron chi connectivity index (χ1n) is 10.3. The molecule has 1 amide bonds. The van der Waals surface area contributed by atoms with Gasteiger partial charge in [-0.1, -0.05) is 0 Å². The summed E-state index contributed by atoms with van der Waals surface area (Å²) < 4.78 is 7.20. The molecule has 6 nitrogen and oxygen atoms in total. The number of benzene rings is 1. The SMILES string of the molecule is COc1ccc(-n2c(C)c(C)c(C#N)c2NC(=O)CN(CC2CC2)C2CC2)cc1. The Balaban J connectivity index is 1.60. The van der Waals surface area contributed by atoms with Crippen LogP contribution in [0.25, 0.3) is 5.69 Å². The summed E-state index contributed by atoms with van der Waals surface area (Å²) >= 11 is 0. The van der Waals surface area contributed by atoms with Gasteiger partial charge in [-0.15, -0.1) is 0 Å². The number of ether oxygens (including phenoxy) is 1. The van der Waals surface area contributed by atoms with Crippen molar-refractivity contribution in [2.75, 3.05) is 25.5 Å².